The van der Waals surface area contributed by atoms with E-state index in [-0.39, 0.29) is 12.4 Å². The largest absolute Gasteiger partial charge is 0.301 e. The first-order valence-corrected chi connectivity index (χ1v) is 12.5. The third-order valence-electron chi connectivity index (χ3n) is 6.08. The Morgan fingerprint density at radius 3 is 1.52 bits per heavy atom. The van der Waals surface area contributed by atoms with Gasteiger partial charge in [-0.1, -0.05) is 134 Å². The fourth-order valence-electron chi connectivity index (χ4n) is 3.97. The first kappa shape index (κ1) is 29.8. The van der Waals surface area contributed by atoms with E-state index in [1.165, 1.54) is 83.5 Å². The minimum Gasteiger partial charge on any atom is -0.301 e. The zero-order valence-electron chi connectivity index (χ0n) is 19.8. The Bertz CT molecular complexity index is 527. The summed E-state index contributed by atoms with van der Waals surface area (Å²) in [6, 6.07) is 9.90. The summed E-state index contributed by atoms with van der Waals surface area (Å²) in [5.74, 6) is 0. The van der Waals surface area contributed by atoms with Gasteiger partial charge in [-0.15, -0.1) is 12.4 Å². The van der Waals surface area contributed by atoms with Crippen molar-refractivity contribution in [3.8, 4) is 0 Å². The second-order valence-corrected chi connectivity index (χ2v) is 8.81. The molecule has 0 unspecified atom stereocenters. The Labute approximate surface area is 197 Å². The second kappa shape index (κ2) is 20.7. The SMILES string of the molecule is CCCCCCCCCCCCCCCCCC(C=O)(C=O)NCc1ccccc1.Cl. The van der Waals surface area contributed by atoms with Gasteiger partial charge in [-0.3, -0.25) is 5.32 Å². The molecule has 0 amide bonds. The van der Waals surface area contributed by atoms with Gasteiger partial charge >= 0.3 is 0 Å². The molecule has 1 aromatic rings. The number of unbranched alkanes of at least 4 members (excludes halogenated alkanes) is 14. The van der Waals surface area contributed by atoms with Crippen molar-refractivity contribution in [3.63, 3.8) is 0 Å². The molecule has 0 saturated carbocycles. The van der Waals surface area contributed by atoms with E-state index in [0.29, 0.717) is 13.0 Å². The van der Waals surface area contributed by atoms with Gasteiger partial charge in [-0.05, 0) is 12.0 Å². The normalized spacial score (nSPS) is 11.1. The minimum absolute atomic E-state index is 0. The van der Waals surface area contributed by atoms with Crippen LogP contribution in [0.25, 0.3) is 0 Å². The molecule has 1 aromatic carbocycles. The summed E-state index contributed by atoms with van der Waals surface area (Å²) >= 11 is 0. The molecule has 4 heteroatoms. The average molecular weight is 452 g/mol. The van der Waals surface area contributed by atoms with E-state index in [2.05, 4.69) is 12.2 Å². The molecule has 0 radical (unpaired) electrons. The zero-order valence-corrected chi connectivity index (χ0v) is 20.6. The van der Waals surface area contributed by atoms with Crippen LogP contribution in [0.3, 0.4) is 0 Å². The Balaban J connectivity index is 0.00000900. The lowest BCUT2D eigenvalue weighted by atomic mass is 9.94. The van der Waals surface area contributed by atoms with Gasteiger partial charge in [0.25, 0.3) is 0 Å². The lowest BCUT2D eigenvalue weighted by molar-refractivity contribution is -0.123. The maximum Gasteiger partial charge on any atom is 0.147 e. The fourth-order valence-corrected chi connectivity index (χ4v) is 3.97. The molecule has 31 heavy (non-hydrogen) atoms. The summed E-state index contributed by atoms with van der Waals surface area (Å²) in [5, 5.41) is 3.16. The molecule has 0 spiro atoms. The van der Waals surface area contributed by atoms with Crippen LogP contribution in [-0.2, 0) is 16.1 Å². The monoisotopic (exact) mass is 451 g/mol. The highest BCUT2D eigenvalue weighted by atomic mass is 35.5. The van der Waals surface area contributed by atoms with E-state index in [1.807, 2.05) is 30.3 Å². The molecule has 0 fully saturated rings. The topological polar surface area (TPSA) is 46.2 Å². The molecule has 0 heterocycles. The fraction of sp³-hybridized carbons (Fsp3) is 0.704. The predicted octanol–water partition coefficient (Wildman–Crippen LogP) is 7.60. The van der Waals surface area contributed by atoms with Gasteiger partial charge in [0.05, 0.1) is 0 Å². The van der Waals surface area contributed by atoms with Crippen molar-refractivity contribution in [1.29, 1.82) is 0 Å². The number of carbonyl (C=O) groups excluding carboxylic acids is 2. The molecule has 178 valence electrons. The lowest BCUT2D eigenvalue weighted by Gasteiger charge is -2.23. The molecule has 1 rings (SSSR count). The van der Waals surface area contributed by atoms with Gasteiger partial charge in [0.15, 0.2) is 0 Å². The average Bonchev–Trinajstić information content (AvgIpc) is 2.79. The number of rotatable bonds is 21. The summed E-state index contributed by atoms with van der Waals surface area (Å²) < 4.78 is 0. The van der Waals surface area contributed by atoms with Crippen LogP contribution in [0.2, 0.25) is 0 Å². The van der Waals surface area contributed by atoms with Crippen LogP contribution in [0.4, 0.5) is 0 Å². The van der Waals surface area contributed by atoms with Crippen molar-refractivity contribution in [3.05, 3.63) is 35.9 Å². The smallest absolute Gasteiger partial charge is 0.147 e. The molecule has 0 bridgehead atoms. The molecular weight excluding hydrogens is 406 g/mol. The summed E-state index contributed by atoms with van der Waals surface area (Å²) in [6.45, 7) is 2.81. The summed E-state index contributed by atoms with van der Waals surface area (Å²) in [7, 11) is 0. The highest BCUT2D eigenvalue weighted by molar-refractivity contribution is 5.89. The van der Waals surface area contributed by atoms with E-state index in [9.17, 15) is 9.59 Å². The van der Waals surface area contributed by atoms with Crippen LogP contribution < -0.4 is 5.32 Å². The number of halogens is 1. The van der Waals surface area contributed by atoms with Crippen molar-refractivity contribution in [1.82, 2.24) is 5.32 Å². The highest BCUT2D eigenvalue weighted by Gasteiger charge is 2.27. The highest BCUT2D eigenvalue weighted by Crippen LogP contribution is 2.16. The summed E-state index contributed by atoms with van der Waals surface area (Å²) in [5.41, 5.74) is 0.0499. The first-order valence-electron chi connectivity index (χ1n) is 12.5. The standard InChI is InChI=1S/C27H45NO2.ClH/c1-2-3-4-5-6-7-8-9-10-11-12-13-14-15-19-22-27(24-29,25-30)28-23-26-20-17-16-18-21-26;/h16-18,20-21,24-25,28H,2-15,19,22-23H2,1H3;1H. The molecule has 0 aliphatic rings. The van der Waals surface area contributed by atoms with E-state index in [1.54, 1.807) is 0 Å². The summed E-state index contributed by atoms with van der Waals surface area (Å²) in [6.07, 6.45) is 21.9. The molecule has 0 aromatic heterocycles. The minimum atomic E-state index is -1.04. The van der Waals surface area contributed by atoms with Crippen LogP contribution in [0.15, 0.2) is 30.3 Å². The number of carbonyl (C=O) groups is 2. The van der Waals surface area contributed by atoms with Crippen molar-refractivity contribution in [2.24, 2.45) is 0 Å². The second-order valence-electron chi connectivity index (χ2n) is 8.81. The van der Waals surface area contributed by atoms with Crippen LogP contribution in [-0.4, -0.2) is 18.1 Å². The van der Waals surface area contributed by atoms with E-state index in [4.69, 9.17) is 0 Å². The molecule has 0 aliphatic heterocycles. The quantitative estimate of drug-likeness (QED) is 0.119. The third kappa shape index (κ3) is 15.3. The maximum absolute atomic E-state index is 11.6. The van der Waals surface area contributed by atoms with E-state index >= 15 is 0 Å². The van der Waals surface area contributed by atoms with Crippen molar-refractivity contribution >= 4 is 25.0 Å². The molecule has 3 nitrogen and oxygen atoms in total. The Morgan fingerprint density at radius 2 is 1.10 bits per heavy atom. The number of hydrogen-bond donors (Lipinski definition) is 1. The van der Waals surface area contributed by atoms with Crippen molar-refractivity contribution in [2.45, 2.75) is 122 Å². The van der Waals surface area contributed by atoms with Crippen LogP contribution in [0.5, 0.6) is 0 Å². The van der Waals surface area contributed by atoms with Crippen LogP contribution in [0.1, 0.15) is 115 Å². The van der Waals surface area contributed by atoms with Gasteiger partial charge in [0.2, 0.25) is 0 Å². The lowest BCUT2D eigenvalue weighted by Crippen LogP contribution is -2.48. The Hall–Kier alpha value is -1.19. The predicted molar refractivity (Wildman–Crippen MR) is 135 cm³/mol. The number of benzene rings is 1. The number of nitrogens with one attached hydrogen (secondary N) is 1. The molecule has 0 aliphatic carbocycles. The first-order chi connectivity index (χ1) is 14.8. The molecule has 0 atom stereocenters. The zero-order chi connectivity index (χ0) is 21.8. The van der Waals surface area contributed by atoms with Gasteiger partial charge in [0.1, 0.15) is 18.1 Å². The number of aldehydes is 2. The van der Waals surface area contributed by atoms with E-state index in [0.717, 1.165) is 31.0 Å². The Morgan fingerprint density at radius 1 is 0.677 bits per heavy atom. The molecule has 0 saturated heterocycles. The van der Waals surface area contributed by atoms with Crippen LogP contribution >= 0.6 is 12.4 Å². The van der Waals surface area contributed by atoms with Gasteiger partial charge in [0, 0.05) is 6.54 Å². The molecular formula is C27H46ClNO2. The van der Waals surface area contributed by atoms with E-state index < -0.39 is 5.54 Å². The summed E-state index contributed by atoms with van der Waals surface area (Å²) in [4.78, 5) is 23.1. The van der Waals surface area contributed by atoms with Gasteiger partial charge < -0.3 is 9.59 Å². The van der Waals surface area contributed by atoms with Crippen molar-refractivity contribution in [2.75, 3.05) is 0 Å². The molecule has 1 N–H and O–H groups in total. The van der Waals surface area contributed by atoms with Crippen molar-refractivity contribution < 1.29 is 9.59 Å². The van der Waals surface area contributed by atoms with Crippen LogP contribution in [0, 0.1) is 0 Å². The number of hydrogen-bond acceptors (Lipinski definition) is 3. The maximum atomic E-state index is 11.6. The van der Waals surface area contributed by atoms with Gasteiger partial charge in [-0.25, -0.2) is 0 Å². The van der Waals surface area contributed by atoms with Gasteiger partial charge in [-0.2, -0.15) is 0 Å². The Kier molecular flexibility index (Phi) is 19.9. The third-order valence-corrected chi connectivity index (χ3v) is 6.08.